The maximum absolute atomic E-state index is 12.8. The van der Waals surface area contributed by atoms with Gasteiger partial charge in [0, 0.05) is 11.1 Å². The number of halogens is 3. The van der Waals surface area contributed by atoms with Crippen molar-refractivity contribution in [3.8, 4) is 5.75 Å². The minimum absolute atomic E-state index is 0.141. The molecule has 0 amide bonds. The first-order chi connectivity index (χ1) is 8.84. The summed E-state index contributed by atoms with van der Waals surface area (Å²) in [7, 11) is 0. The van der Waals surface area contributed by atoms with Gasteiger partial charge >= 0.3 is 12.1 Å². The molecule has 19 heavy (non-hydrogen) atoms. The van der Waals surface area contributed by atoms with E-state index in [1.54, 1.807) is 0 Å². The lowest BCUT2D eigenvalue weighted by molar-refractivity contribution is -0.187. The molecule has 0 saturated heterocycles. The standard InChI is InChI=1S/C12H9F3O4/c13-12(14,15)10-8(11(17)18)4-6-2-1-3-7(5-16)9(6)19-10/h1-4,10,16H,5H2,(H,17,18). The number of aliphatic hydroxyl groups is 1. The first-order valence-corrected chi connectivity index (χ1v) is 5.25. The van der Waals surface area contributed by atoms with Gasteiger partial charge in [-0.1, -0.05) is 18.2 Å². The number of alkyl halides is 3. The molecule has 0 bridgehead atoms. The Balaban J connectivity index is 2.57. The van der Waals surface area contributed by atoms with E-state index in [-0.39, 0.29) is 16.9 Å². The number of hydrogen-bond donors (Lipinski definition) is 2. The number of fused-ring (bicyclic) bond motifs is 1. The van der Waals surface area contributed by atoms with Crippen LogP contribution in [0.15, 0.2) is 23.8 Å². The molecule has 7 heteroatoms. The number of carbonyl (C=O) groups is 1. The summed E-state index contributed by atoms with van der Waals surface area (Å²) in [4.78, 5) is 10.9. The molecule has 1 aromatic carbocycles. The van der Waals surface area contributed by atoms with Gasteiger partial charge in [-0.2, -0.15) is 13.2 Å². The maximum Gasteiger partial charge on any atom is 0.430 e. The third kappa shape index (κ3) is 2.41. The zero-order valence-corrected chi connectivity index (χ0v) is 9.44. The van der Waals surface area contributed by atoms with Crippen LogP contribution < -0.4 is 4.74 Å². The Morgan fingerprint density at radius 3 is 2.58 bits per heavy atom. The van der Waals surface area contributed by atoms with Crippen molar-refractivity contribution in [2.45, 2.75) is 18.9 Å². The highest BCUT2D eigenvalue weighted by molar-refractivity contribution is 5.95. The quantitative estimate of drug-likeness (QED) is 0.865. The number of ether oxygens (including phenoxy) is 1. The molecule has 1 aliphatic rings. The number of carboxylic acid groups (broad SMARTS) is 1. The van der Waals surface area contributed by atoms with Gasteiger partial charge in [0.25, 0.3) is 0 Å². The molecule has 0 aromatic heterocycles. The van der Waals surface area contributed by atoms with Crippen molar-refractivity contribution in [1.29, 1.82) is 0 Å². The molecule has 0 spiro atoms. The highest BCUT2D eigenvalue weighted by Gasteiger charge is 2.48. The molecule has 0 saturated carbocycles. The molecular formula is C12H9F3O4. The van der Waals surface area contributed by atoms with Gasteiger partial charge in [-0.25, -0.2) is 4.79 Å². The lowest BCUT2D eigenvalue weighted by Crippen LogP contribution is -2.40. The van der Waals surface area contributed by atoms with E-state index in [1.165, 1.54) is 18.2 Å². The summed E-state index contributed by atoms with van der Waals surface area (Å²) in [5.41, 5.74) is -0.507. The van der Waals surface area contributed by atoms with Gasteiger partial charge in [-0.15, -0.1) is 0 Å². The molecule has 0 radical (unpaired) electrons. The van der Waals surface area contributed by atoms with Crippen LogP contribution in [0.25, 0.3) is 6.08 Å². The third-order valence-electron chi connectivity index (χ3n) is 2.67. The van der Waals surface area contributed by atoms with E-state index in [0.29, 0.717) is 0 Å². The monoisotopic (exact) mass is 274 g/mol. The predicted octanol–water partition coefficient (Wildman–Crippen LogP) is 1.97. The normalized spacial score (nSPS) is 18.3. The van der Waals surface area contributed by atoms with Crippen LogP contribution in [0.4, 0.5) is 13.2 Å². The summed E-state index contributed by atoms with van der Waals surface area (Å²) in [6, 6.07) is 4.33. The van der Waals surface area contributed by atoms with E-state index in [9.17, 15) is 18.0 Å². The van der Waals surface area contributed by atoms with Crippen LogP contribution in [0, 0.1) is 0 Å². The molecule has 2 N–H and O–H groups in total. The van der Waals surface area contributed by atoms with Gasteiger partial charge in [0.05, 0.1) is 12.2 Å². The highest BCUT2D eigenvalue weighted by atomic mass is 19.4. The lowest BCUT2D eigenvalue weighted by Gasteiger charge is -2.28. The Morgan fingerprint density at radius 1 is 1.37 bits per heavy atom. The molecule has 102 valence electrons. The number of aliphatic hydroxyl groups excluding tert-OH is 1. The lowest BCUT2D eigenvalue weighted by atomic mass is 9.99. The van der Waals surface area contributed by atoms with Crippen molar-refractivity contribution in [1.82, 2.24) is 0 Å². The van der Waals surface area contributed by atoms with Crippen molar-refractivity contribution in [2.75, 3.05) is 0 Å². The van der Waals surface area contributed by atoms with Crippen LogP contribution in [-0.4, -0.2) is 28.5 Å². The first-order valence-electron chi connectivity index (χ1n) is 5.25. The molecule has 1 aliphatic heterocycles. The van der Waals surface area contributed by atoms with E-state index in [1.807, 2.05) is 0 Å². The predicted molar refractivity (Wildman–Crippen MR) is 58.4 cm³/mol. The van der Waals surface area contributed by atoms with Crippen LogP contribution in [0.5, 0.6) is 5.75 Å². The number of aliphatic carboxylic acids is 1. The van der Waals surface area contributed by atoms with Crippen LogP contribution >= 0.6 is 0 Å². The molecule has 1 heterocycles. The van der Waals surface area contributed by atoms with Crippen molar-refractivity contribution >= 4 is 12.0 Å². The molecule has 0 aliphatic carbocycles. The fourth-order valence-electron chi connectivity index (χ4n) is 1.83. The van der Waals surface area contributed by atoms with Crippen LogP contribution in [0.2, 0.25) is 0 Å². The topological polar surface area (TPSA) is 66.8 Å². The fourth-order valence-corrected chi connectivity index (χ4v) is 1.83. The van der Waals surface area contributed by atoms with E-state index < -0.39 is 30.4 Å². The molecule has 2 rings (SSSR count). The van der Waals surface area contributed by atoms with E-state index in [2.05, 4.69) is 0 Å². The number of rotatable bonds is 2. The Hall–Kier alpha value is -2.02. The average Bonchev–Trinajstić information content (AvgIpc) is 2.35. The summed E-state index contributed by atoms with van der Waals surface area (Å²) < 4.78 is 43.1. The Morgan fingerprint density at radius 2 is 2.05 bits per heavy atom. The summed E-state index contributed by atoms with van der Waals surface area (Å²) in [6.45, 7) is -0.496. The fraction of sp³-hybridized carbons (Fsp3) is 0.250. The van der Waals surface area contributed by atoms with Crippen molar-refractivity contribution in [3.05, 3.63) is 34.9 Å². The van der Waals surface area contributed by atoms with E-state index >= 15 is 0 Å². The average molecular weight is 274 g/mol. The summed E-state index contributed by atoms with van der Waals surface area (Å²) >= 11 is 0. The SMILES string of the molecule is O=C(O)C1=Cc2cccc(CO)c2OC1C(F)(F)F. The van der Waals surface area contributed by atoms with Gasteiger partial charge in [0.1, 0.15) is 5.75 Å². The Bertz CT molecular complexity index is 548. The van der Waals surface area contributed by atoms with Crippen molar-refractivity contribution in [2.24, 2.45) is 0 Å². The van der Waals surface area contributed by atoms with Crippen LogP contribution in [0.3, 0.4) is 0 Å². The van der Waals surface area contributed by atoms with E-state index in [0.717, 1.165) is 6.08 Å². The molecule has 1 unspecified atom stereocenters. The van der Waals surface area contributed by atoms with Gasteiger partial charge in [0.2, 0.25) is 6.10 Å². The van der Waals surface area contributed by atoms with Crippen LogP contribution in [-0.2, 0) is 11.4 Å². The Kier molecular flexibility index (Phi) is 3.23. The molecule has 0 fully saturated rings. The van der Waals surface area contributed by atoms with Gasteiger partial charge in [0.15, 0.2) is 0 Å². The van der Waals surface area contributed by atoms with Gasteiger partial charge in [-0.3, -0.25) is 0 Å². The minimum atomic E-state index is -4.84. The number of carboxylic acids is 1. The summed E-state index contributed by atoms with van der Waals surface area (Å²) in [6.07, 6.45) is -6.46. The number of hydrogen-bond acceptors (Lipinski definition) is 3. The van der Waals surface area contributed by atoms with Crippen molar-refractivity contribution < 1.29 is 32.9 Å². The summed E-state index contributed by atoms with van der Waals surface area (Å²) in [5, 5.41) is 17.9. The second kappa shape index (κ2) is 4.58. The minimum Gasteiger partial charge on any atom is -0.478 e. The second-order valence-corrected chi connectivity index (χ2v) is 3.94. The largest absolute Gasteiger partial charge is 0.478 e. The van der Waals surface area contributed by atoms with Crippen molar-refractivity contribution in [3.63, 3.8) is 0 Å². The zero-order valence-electron chi connectivity index (χ0n) is 9.44. The zero-order chi connectivity index (χ0) is 14.2. The number of para-hydroxylation sites is 1. The molecule has 1 aromatic rings. The highest BCUT2D eigenvalue weighted by Crippen LogP contribution is 2.38. The van der Waals surface area contributed by atoms with Gasteiger partial charge < -0.3 is 14.9 Å². The summed E-state index contributed by atoms with van der Waals surface area (Å²) in [5.74, 6) is -1.83. The molecule has 1 atom stereocenters. The smallest absolute Gasteiger partial charge is 0.430 e. The first kappa shape index (κ1) is 13.4. The maximum atomic E-state index is 12.8. The van der Waals surface area contributed by atoms with E-state index in [4.69, 9.17) is 14.9 Å². The van der Waals surface area contributed by atoms with Crippen LogP contribution in [0.1, 0.15) is 11.1 Å². The second-order valence-electron chi connectivity index (χ2n) is 3.94. The Labute approximate surface area is 105 Å². The molecule has 4 nitrogen and oxygen atoms in total. The molecular weight excluding hydrogens is 265 g/mol. The van der Waals surface area contributed by atoms with Gasteiger partial charge in [-0.05, 0) is 6.08 Å². The third-order valence-corrected chi connectivity index (χ3v) is 2.67. The number of benzene rings is 1.